The van der Waals surface area contributed by atoms with E-state index >= 15 is 0 Å². The molecule has 0 aliphatic heterocycles. The summed E-state index contributed by atoms with van der Waals surface area (Å²) in [7, 11) is 0. The fourth-order valence-corrected chi connectivity index (χ4v) is 1.73. The predicted molar refractivity (Wildman–Crippen MR) is 69.6 cm³/mol. The summed E-state index contributed by atoms with van der Waals surface area (Å²) in [5.74, 6) is 0.682. The smallest absolute Gasteiger partial charge is 0.130 e. The average Bonchev–Trinajstić information content (AvgIpc) is 2.37. The van der Waals surface area contributed by atoms with Crippen molar-refractivity contribution in [1.82, 2.24) is 9.97 Å². The first-order chi connectivity index (χ1) is 8.25. The quantitative estimate of drug-likeness (QED) is 0.850. The van der Waals surface area contributed by atoms with E-state index in [0.717, 1.165) is 5.56 Å². The van der Waals surface area contributed by atoms with Crippen LogP contribution in [-0.2, 0) is 0 Å². The maximum absolute atomic E-state index is 9.93. The van der Waals surface area contributed by atoms with E-state index < -0.39 is 6.10 Å². The van der Waals surface area contributed by atoms with Gasteiger partial charge in [0.05, 0.1) is 6.10 Å². The maximum atomic E-state index is 9.93. The highest BCUT2D eigenvalue weighted by Crippen LogP contribution is 2.14. The zero-order valence-corrected chi connectivity index (χ0v) is 10.6. The Kier molecular flexibility index (Phi) is 4.06. The number of aromatic nitrogens is 2. The molecule has 1 atom stereocenters. The van der Waals surface area contributed by atoms with Gasteiger partial charge in [-0.05, 0) is 21.5 Å². The van der Waals surface area contributed by atoms with Crippen LogP contribution in [0.2, 0.25) is 0 Å². The monoisotopic (exact) mass is 293 g/mol. The standard InChI is InChI=1S/C12H12BrN3O/c13-11-6-12(16-8-15-11)14-7-10(17)9-4-2-1-3-5-9/h1-6,8,10,17H,7H2,(H,14,15,16). The third-order valence-electron chi connectivity index (χ3n) is 2.29. The van der Waals surface area contributed by atoms with Crippen molar-refractivity contribution < 1.29 is 5.11 Å². The Morgan fingerprint density at radius 3 is 2.71 bits per heavy atom. The van der Waals surface area contributed by atoms with E-state index in [4.69, 9.17) is 0 Å². The molecular weight excluding hydrogens is 282 g/mol. The lowest BCUT2D eigenvalue weighted by Gasteiger charge is -2.12. The molecule has 88 valence electrons. The lowest BCUT2D eigenvalue weighted by Crippen LogP contribution is -2.12. The van der Waals surface area contributed by atoms with Gasteiger partial charge in [0, 0.05) is 12.6 Å². The highest BCUT2D eigenvalue weighted by Gasteiger charge is 2.06. The minimum absolute atomic E-state index is 0.410. The van der Waals surface area contributed by atoms with Gasteiger partial charge in [0.2, 0.25) is 0 Å². The van der Waals surface area contributed by atoms with Gasteiger partial charge in [-0.2, -0.15) is 0 Å². The van der Waals surface area contributed by atoms with Crippen LogP contribution in [0.1, 0.15) is 11.7 Å². The van der Waals surface area contributed by atoms with Crippen molar-refractivity contribution >= 4 is 21.7 Å². The van der Waals surface area contributed by atoms with Gasteiger partial charge >= 0.3 is 0 Å². The molecule has 5 heteroatoms. The van der Waals surface area contributed by atoms with E-state index in [9.17, 15) is 5.11 Å². The highest BCUT2D eigenvalue weighted by molar-refractivity contribution is 9.10. The number of hydrogen-bond acceptors (Lipinski definition) is 4. The lowest BCUT2D eigenvalue weighted by atomic mass is 10.1. The van der Waals surface area contributed by atoms with Crippen molar-refractivity contribution in [2.24, 2.45) is 0 Å². The second-order valence-electron chi connectivity index (χ2n) is 3.53. The molecule has 0 amide bonds. The lowest BCUT2D eigenvalue weighted by molar-refractivity contribution is 0.191. The van der Waals surface area contributed by atoms with Crippen molar-refractivity contribution in [1.29, 1.82) is 0 Å². The molecule has 0 radical (unpaired) electrons. The summed E-state index contributed by atoms with van der Waals surface area (Å²) in [6, 6.07) is 11.3. The van der Waals surface area contributed by atoms with Crippen LogP contribution >= 0.6 is 15.9 Å². The average molecular weight is 294 g/mol. The topological polar surface area (TPSA) is 58.0 Å². The van der Waals surface area contributed by atoms with Crippen LogP contribution in [0.3, 0.4) is 0 Å². The first-order valence-corrected chi connectivity index (χ1v) is 5.99. The molecule has 2 aromatic rings. The van der Waals surface area contributed by atoms with Crippen LogP contribution in [0.15, 0.2) is 47.3 Å². The number of aliphatic hydroxyl groups is 1. The summed E-state index contributed by atoms with van der Waals surface area (Å²) >= 11 is 3.26. The van der Waals surface area contributed by atoms with E-state index in [0.29, 0.717) is 17.0 Å². The minimum atomic E-state index is -0.551. The predicted octanol–water partition coefficient (Wildman–Crippen LogP) is 2.38. The number of anilines is 1. The minimum Gasteiger partial charge on any atom is -0.387 e. The summed E-state index contributed by atoms with van der Waals surface area (Å²) < 4.78 is 0.712. The van der Waals surface area contributed by atoms with Crippen molar-refractivity contribution in [2.45, 2.75) is 6.10 Å². The number of nitrogens with one attached hydrogen (secondary N) is 1. The molecule has 1 aromatic heterocycles. The number of nitrogens with zero attached hydrogens (tertiary/aromatic N) is 2. The molecule has 0 fully saturated rings. The second kappa shape index (κ2) is 5.75. The highest BCUT2D eigenvalue weighted by atomic mass is 79.9. The van der Waals surface area contributed by atoms with Gasteiger partial charge in [0.15, 0.2) is 0 Å². The van der Waals surface area contributed by atoms with Crippen LogP contribution in [0.5, 0.6) is 0 Å². The molecule has 0 aliphatic rings. The van der Waals surface area contributed by atoms with Crippen molar-refractivity contribution in [3.05, 3.63) is 52.9 Å². The summed E-state index contributed by atoms with van der Waals surface area (Å²) in [5.41, 5.74) is 0.883. The molecule has 17 heavy (non-hydrogen) atoms. The SMILES string of the molecule is OC(CNc1cc(Br)ncn1)c1ccccc1. The van der Waals surface area contributed by atoms with Crippen LogP contribution in [0, 0.1) is 0 Å². The summed E-state index contributed by atoms with van der Waals surface area (Å²) in [6.07, 6.45) is 0.909. The van der Waals surface area contributed by atoms with E-state index in [1.54, 1.807) is 6.07 Å². The van der Waals surface area contributed by atoms with Crippen LogP contribution in [0.4, 0.5) is 5.82 Å². The maximum Gasteiger partial charge on any atom is 0.130 e. The number of rotatable bonds is 4. The van der Waals surface area contributed by atoms with Crippen LogP contribution in [-0.4, -0.2) is 21.6 Å². The molecule has 0 saturated heterocycles. The largest absolute Gasteiger partial charge is 0.387 e. The molecule has 1 unspecified atom stereocenters. The summed E-state index contributed by atoms with van der Waals surface area (Å²) in [4.78, 5) is 7.97. The first-order valence-electron chi connectivity index (χ1n) is 5.20. The Bertz CT molecular complexity index is 478. The number of hydrogen-bond donors (Lipinski definition) is 2. The molecule has 0 spiro atoms. The normalized spacial score (nSPS) is 12.1. The van der Waals surface area contributed by atoms with E-state index in [-0.39, 0.29) is 0 Å². The van der Waals surface area contributed by atoms with Gasteiger partial charge in [0.1, 0.15) is 16.7 Å². The van der Waals surface area contributed by atoms with Gasteiger partial charge in [-0.25, -0.2) is 9.97 Å². The van der Waals surface area contributed by atoms with Gasteiger partial charge < -0.3 is 10.4 Å². The molecule has 2 rings (SSSR count). The summed E-state index contributed by atoms with van der Waals surface area (Å²) in [5, 5.41) is 13.0. The van der Waals surface area contributed by atoms with Gasteiger partial charge in [0.25, 0.3) is 0 Å². The Morgan fingerprint density at radius 1 is 1.24 bits per heavy atom. The Morgan fingerprint density at radius 2 is 2.00 bits per heavy atom. The molecule has 0 saturated carbocycles. The molecular formula is C12H12BrN3O. The van der Waals surface area contributed by atoms with E-state index in [1.165, 1.54) is 6.33 Å². The molecule has 0 aliphatic carbocycles. The molecule has 1 heterocycles. The molecule has 1 aromatic carbocycles. The molecule has 0 bridgehead atoms. The fraction of sp³-hybridized carbons (Fsp3) is 0.167. The van der Waals surface area contributed by atoms with Gasteiger partial charge in [-0.1, -0.05) is 30.3 Å². The van der Waals surface area contributed by atoms with Crippen molar-refractivity contribution in [2.75, 3.05) is 11.9 Å². The van der Waals surface area contributed by atoms with Crippen molar-refractivity contribution in [3.63, 3.8) is 0 Å². The third kappa shape index (κ3) is 3.51. The Balaban J connectivity index is 1.95. The summed E-state index contributed by atoms with van der Waals surface area (Å²) in [6.45, 7) is 0.410. The Labute approximate surface area is 108 Å². The van der Waals surface area contributed by atoms with Crippen molar-refractivity contribution in [3.8, 4) is 0 Å². The van der Waals surface area contributed by atoms with Crippen LogP contribution < -0.4 is 5.32 Å². The second-order valence-corrected chi connectivity index (χ2v) is 4.35. The number of aliphatic hydroxyl groups excluding tert-OH is 1. The fourth-order valence-electron chi connectivity index (χ4n) is 1.42. The number of halogens is 1. The third-order valence-corrected chi connectivity index (χ3v) is 2.73. The number of benzene rings is 1. The van der Waals surface area contributed by atoms with E-state index in [2.05, 4.69) is 31.2 Å². The van der Waals surface area contributed by atoms with Gasteiger partial charge in [-0.15, -0.1) is 0 Å². The Hall–Kier alpha value is -1.46. The van der Waals surface area contributed by atoms with E-state index in [1.807, 2.05) is 30.3 Å². The van der Waals surface area contributed by atoms with Crippen LogP contribution in [0.25, 0.3) is 0 Å². The molecule has 4 nitrogen and oxygen atoms in total. The first kappa shape index (κ1) is 12.0. The molecule has 2 N–H and O–H groups in total. The zero-order valence-electron chi connectivity index (χ0n) is 9.05. The van der Waals surface area contributed by atoms with Gasteiger partial charge in [-0.3, -0.25) is 0 Å². The zero-order chi connectivity index (χ0) is 12.1.